The van der Waals surface area contributed by atoms with Crippen molar-refractivity contribution in [2.75, 3.05) is 7.11 Å². The predicted molar refractivity (Wildman–Crippen MR) is 136 cm³/mol. The second-order valence-electron chi connectivity index (χ2n) is 7.24. The quantitative estimate of drug-likeness (QED) is 0.380. The van der Waals surface area contributed by atoms with Crippen molar-refractivity contribution in [1.82, 2.24) is 5.32 Å². The van der Waals surface area contributed by atoms with Gasteiger partial charge in [-0.15, -0.1) is 0 Å². The molecular formula is C25H20Cl2N2O3S. The van der Waals surface area contributed by atoms with Crippen LogP contribution in [-0.4, -0.2) is 18.2 Å². The van der Waals surface area contributed by atoms with E-state index in [1.54, 1.807) is 19.3 Å². The number of benzene rings is 3. The summed E-state index contributed by atoms with van der Waals surface area (Å²) < 4.78 is 11.4. The van der Waals surface area contributed by atoms with Crippen LogP contribution in [0, 0.1) is 6.92 Å². The van der Waals surface area contributed by atoms with Gasteiger partial charge < -0.3 is 14.8 Å². The second kappa shape index (κ2) is 10.3. The Kier molecular flexibility index (Phi) is 7.28. The topological polar surface area (TPSA) is 59.9 Å². The molecule has 33 heavy (non-hydrogen) atoms. The molecular weight excluding hydrogens is 479 g/mol. The first-order valence-corrected chi connectivity index (χ1v) is 11.6. The lowest BCUT2D eigenvalue weighted by Gasteiger charge is -2.11. The van der Waals surface area contributed by atoms with Crippen LogP contribution in [0.1, 0.15) is 16.7 Å². The van der Waals surface area contributed by atoms with Crippen LogP contribution < -0.4 is 14.8 Å². The Morgan fingerprint density at radius 2 is 1.82 bits per heavy atom. The molecule has 0 aromatic heterocycles. The minimum atomic E-state index is -0.209. The fourth-order valence-corrected chi connectivity index (χ4v) is 4.18. The van der Waals surface area contributed by atoms with Gasteiger partial charge in [0.15, 0.2) is 16.7 Å². The molecule has 0 bridgehead atoms. The number of amidine groups is 1. The van der Waals surface area contributed by atoms with Gasteiger partial charge in [0, 0.05) is 10.0 Å². The molecule has 0 aliphatic carbocycles. The van der Waals surface area contributed by atoms with Crippen molar-refractivity contribution in [3.05, 3.63) is 92.3 Å². The van der Waals surface area contributed by atoms with Gasteiger partial charge in [-0.1, -0.05) is 47.5 Å². The summed E-state index contributed by atoms with van der Waals surface area (Å²) in [4.78, 5) is 17.4. The lowest BCUT2D eigenvalue weighted by molar-refractivity contribution is -0.115. The van der Waals surface area contributed by atoms with E-state index in [2.05, 4.69) is 10.3 Å². The first-order valence-electron chi connectivity index (χ1n) is 10.0. The van der Waals surface area contributed by atoms with Gasteiger partial charge in [0.25, 0.3) is 5.91 Å². The number of hydrogen-bond acceptors (Lipinski definition) is 5. The average molecular weight is 499 g/mol. The molecule has 1 fully saturated rings. The van der Waals surface area contributed by atoms with Crippen LogP contribution in [0.4, 0.5) is 5.69 Å². The maximum absolute atomic E-state index is 12.4. The molecule has 0 saturated carbocycles. The highest BCUT2D eigenvalue weighted by Crippen LogP contribution is 2.33. The van der Waals surface area contributed by atoms with E-state index in [0.717, 1.165) is 16.7 Å². The van der Waals surface area contributed by atoms with E-state index in [1.807, 2.05) is 61.5 Å². The normalized spacial score (nSPS) is 15.7. The fraction of sp³-hybridized carbons (Fsp3) is 0.120. The highest BCUT2D eigenvalue weighted by molar-refractivity contribution is 8.18. The van der Waals surface area contributed by atoms with Gasteiger partial charge in [0.1, 0.15) is 6.61 Å². The van der Waals surface area contributed by atoms with Gasteiger partial charge >= 0.3 is 0 Å². The molecule has 5 nitrogen and oxygen atoms in total. The summed E-state index contributed by atoms with van der Waals surface area (Å²) in [6, 6.07) is 18.5. The maximum atomic E-state index is 12.4. The first kappa shape index (κ1) is 23.2. The maximum Gasteiger partial charge on any atom is 0.264 e. The number of amides is 1. The van der Waals surface area contributed by atoms with Crippen LogP contribution in [0.3, 0.4) is 0 Å². The molecule has 3 aromatic rings. The third-order valence-corrected chi connectivity index (χ3v) is 6.40. The molecule has 3 aromatic carbocycles. The molecule has 1 amide bonds. The summed E-state index contributed by atoms with van der Waals surface area (Å²) in [5, 5.41) is 4.60. The number of thioether (sulfide) groups is 1. The average Bonchev–Trinajstić information content (AvgIpc) is 3.14. The van der Waals surface area contributed by atoms with Crippen molar-refractivity contribution >= 4 is 57.8 Å². The molecule has 1 aliphatic rings. The molecule has 0 unspecified atom stereocenters. The highest BCUT2D eigenvalue weighted by Gasteiger charge is 2.24. The van der Waals surface area contributed by atoms with E-state index in [4.69, 9.17) is 32.7 Å². The first-order chi connectivity index (χ1) is 15.9. The van der Waals surface area contributed by atoms with Crippen molar-refractivity contribution < 1.29 is 14.3 Å². The van der Waals surface area contributed by atoms with E-state index >= 15 is 0 Å². The number of nitrogens with zero attached hydrogens (tertiary/aromatic N) is 1. The summed E-state index contributed by atoms with van der Waals surface area (Å²) in [6.07, 6.45) is 1.79. The van der Waals surface area contributed by atoms with E-state index < -0.39 is 0 Å². The molecule has 0 atom stereocenters. The van der Waals surface area contributed by atoms with E-state index in [0.29, 0.717) is 43.9 Å². The Labute approximate surface area is 206 Å². The monoisotopic (exact) mass is 498 g/mol. The molecule has 168 valence electrons. The molecule has 1 aliphatic heterocycles. The molecule has 1 N–H and O–H groups in total. The number of carbonyl (C=O) groups is 1. The number of ether oxygens (including phenoxy) is 2. The molecule has 1 heterocycles. The molecule has 4 rings (SSSR count). The summed E-state index contributed by atoms with van der Waals surface area (Å²) in [6.45, 7) is 2.31. The number of aliphatic imine (C=N–C) groups is 1. The Morgan fingerprint density at radius 1 is 1.03 bits per heavy atom. The smallest absolute Gasteiger partial charge is 0.264 e. The number of carbonyl (C=O) groups excluding carboxylic acids is 1. The second-order valence-corrected chi connectivity index (χ2v) is 9.11. The predicted octanol–water partition coefficient (Wildman–Crippen LogP) is 6.78. The van der Waals surface area contributed by atoms with E-state index in [1.165, 1.54) is 11.8 Å². The third-order valence-electron chi connectivity index (χ3n) is 4.83. The van der Waals surface area contributed by atoms with Gasteiger partial charge in [0.2, 0.25) is 0 Å². The number of methoxy groups -OCH3 is 1. The van der Waals surface area contributed by atoms with Crippen molar-refractivity contribution in [3.8, 4) is 11.5 Å². The van der Waals surface area contributed by atoms with Gasteiger partial charge in [0.05, 0.1) is 17.7 Å². The number of aryl methyl sites for hydroxylation is 1. The Balaban J connectivity index is 1.48. The minimum absolute atomic E-state index is 0.209. The van der Waals surface area contributed by atoms with Crippen LogP contribution in [0.15, 0.2) is 70.6 Å². The van der Waals surface area contributed by atoms with Crippen LogP contribution in [0.25, 0.3) is 6.08 Å². The van der Waals surface area contributed by atoms with Crippen molar-refractivity contribution in [3.63, 3.8) is 0 Å². The lowest BCUT2D eigenvalue weighted by atomic mass is 10.2. The van der Waals surface area contributed by atoms with Crippen molar-refractivity contribution in [1.29, 1.82) is 0 Å². The van der Waals surface area contributed by atoms with Crippen molar-refractivity contribution in [2.45, 2.75) is 13.5 Å². The molecule has 1 saturated heterocycles. The van der Waals surface area contributed by atoms with Crippen LogP contribution >= 0.6 is 35.0 Å². The lowest BCUT2D eigenvalue weighted by Crippen LogP contribution is -2.19. The highest BCUT2D eigenvalue weighted by atomic mass is 35.5. The van der Waals surface area contributed by atoms with E-state index in [-0.39, 0.29) is 5.91 Å². The summed E-state index contributed by atoms with van der Waals surface area (Å²) in [5.41, 5.74) is 3.45. The van der Waals surface area contributed by atoms with Gasteiger partial charge in [-0.05, 0) is 77.9 Å². The van der Waals surface area contributed by atoms with Crippen LogP contribution in [0.2, 0.25) is 10.0 Å². The van der Waals surface area contributed by atoms with Gasteiger partial charge in [-0.2, -0.15) is 0 Å². The standard InChI is InChI=1S/C25H20Cl2N2O3S/c1-15-3-9-19(13-20(15)27)28-25-29-24(30)23(33-25)12-17-6-10-21(22(11-17)31-2)32-14-16-4-7-18(26)8-5-16/h3-13H,14H2,1-2H3,(H,28,29,30)/b23-12-. The summed E-state index contributed by atoms with van der Waals surface area (Å²) in [5.74, 6) is 0.973. The molecule has 0 radical (unpaired) electrons. The zero-order chi connectivity index (χ0) is 23.4. The van der Waals surface area contributed by atoms with Crippen LogP contribution in [-0.2, 0) is 11.4 Å². The minimum Gasteiger partial charge on any atom is -0.493 e. The Hall–Kier alpha value is -2.93. The number of hydrogen-bond donors (Lipinski definition) is 1. The van der Waals surface area contributed by atoms with Crippen LogP contribution in [0.5, 0.6) is 11.5 Å². The Bertz CT molecular complexity index is 1260. The Morgan fingerprint density at radius 3 is 2.55 bits per heavy atom. The zero-order valence-electron chi connectivity index (χ0n) is 17.9. The van der Waals surface area contributed by atoms with Gasteiger partial charge in [-0.25, -0.2) is 4.99 Å². The number of halogens is 2. The van der Waals surface area contributed by atoms with Crippen molar-refractivity contribution in [2.24, 2.45) is 4.99 Å². The number of rotatable bonds is 6. The summed E-state index contributed by atoms with van der Waals surface area (Å²) in [7, 11) is 1.58. The summed E-state index contributed by atoms with van der Waals surface area (Å²) >= 11 is 13.4. The third kappa shape index (κ3) is 5.90. The SMILES string of the molecule is COc1cc(/C=C2\SC(=Nc3ccc(C)c(Cl)c3)NC2=O)ccc1OCc1ccc(Cl)cc1. The molecule has 0 spiro atoms. The molecule has 8 heteroatoms. The largest absolute Gasteiger partial charge is 0.493 e. The number of nitrogens with one attached hydrogen (secondary N) is 1. The fourth-order valence-electron chi connectivity index (χ4n) is 3.04. The van der Waals surface area contributed by atoms with E-state index in [9.17, 15) is 4.79 Å². The van der Waals surface area contributed by atoms with Gasteiger partial charge in [-0.3, -0.25) is 4.79 Å². The zero-order valence-corrected chi connectivity index (χ0v) is 20.2.